The average Bonchev–Trinajstić information content (AvgIpc) is 2.77. The third-order valence-electron chi connectivity index (χ3n) is 7.22. The van der Waals surface area contributed by atoms with Crippen molar-refractivity contribution in [3.63, 3.8) is 0 Å². The fraction of sp³-hybridized carbons (Fsp3) is 0.885. The summed E-state index contributed by atoms with van der Waals surface area (Å²) in [7, 11) is 0. The Morgan fingerprint density at radius 3 is 2.23 bits per heavy atom. The molecule has 0 amide bonds. The second kappa shape index (κ2) is 15.0. The zero-order valence-electron chi connectivity index (χ0n) is 19.8. The fourth-order valence-corrected chi connectivity index (χ4v) is 5.27. The second-order valence-electron chi connectivity index (χ2n) is 9.58. The van der Waals surface area contributed by atoms with Crippen molar-refractivity contribution >= 4 is 5.97 Å². The molecule has 4 nitrogen and oxygen atoms in total. The highest BCUT2D eigenvalue weighted by Gasteiger charge is 2.32. The molecule has 2 aliphatic rings. The molecule has 1 N–H and O–H groups in total. The Kier molecular flexibility index (Phi) is 12.7. The molecule has 4 heteroatoms. The fourth-order valence-electron chi connectivity index (χ4n) is 5.27. The molecular weight excluding hydrogens is 374 g/mol. The van der Waals surface area contributed by atoms with Gasteiger partial charge in [-0.2, -0.15) is 0 Å². The SMILES string of the molecule is C=C(COCCCNCC)C(=O)OC1CCC(C2CCC(CCCCC)CC2)CC1. The van der Waals surface area contributed by atoms with Gasteiger partial charge in [0.2, 0.25) is 0 Å². The molecule has 0 radical (unpaired) electrons. The van der Waals surface area contributed by atoms with Crippen LogP contribution in [0.15, 0.2) is 12.2 Å². The Hall–Kier alpha value is -0.870. The van der Waals surface area contributed by atoms with Crippen LogP contribution in [0.4, 0.5) is 0 Å². The second-order valence-corrected chi connectivity index (χ2v) is 9.58. The van der Waals surface area contributed by atoms with Gasteiger partial charge in [-0.05, 0) is 75.8 Å². The number of hydrogen-bond acceptors (Lipinski definition) is 4. The molecule has 0 aliphatic heterocycles. The van der Waals surface area contributed by atoms with E-state index in [0.717, 1.165) is 50.1 Å². The van der Waals surface area contributed by atoms with Crippen molar-refractivity contribution in [1.29, 1.82) is 0 Å². The molecule has 0 bridgehead atoms. The minimum atomic E-state index is -0.266. The largest absolute Gasteiger partial charge is 0.459 e. The van der Waals surface area contributed by atoms with Crippen LogP contribution in [0.25, 0.3) is 0 Å². The number of esters is 1. The number of carbonyl (C=O) groups is 1. The van der Waals surface area contributed by atoms with Crippen molar-refractivity contribution in [2.24, 2.45) is 17.8 Å². The molecule has 2 aliphatic carbocycles. The number of carbonyl (C=O) groups excluding carboxylic acids is 1. The molecule has 30 heavy (non-hydrogen) atoms. The standard InChI is InChI=1S/C26H47NO3/c1-4-6-7-9-22-10-12-23(13-11-22)24-14-16-25(17-15-24)30-26(28)21(3)20-29-19-8-18-27-5-2/h22-25,27H,3-20H2,1-2H3. The number of ether oxygens (including phenoxy) is 2. The summed E-state index contributed by atoms with van der Waals surface area (Å²) in [6, 6.07) is 0. The van der Waals surface area contributed by atoms with Gasteiger partial charge in [-0.15, -0.1) is 0 Å². The maximum Gasteiger partial charge on any atom is 0.336 e. The monoisotopic (exact) mass is 421 g/mol. The summed E-state index contributed by atoms with van der Waals surface area (Å²) in [6.07, 6.45) is 16.8. The van der Waals surface area contributed by atoms with Crippen molar-refractivity contribution in [3.8, 4) is 0 Å². The van der Waals surface area contributed by atoms with Crippen molar-refractivity contribution in [2.45, 2.75) is 103 Å². The first-order valence-electron chi connectivity index (χ1n) is 12.8. The Morgan fingerprint density at radius 1 is 0.933 bits per heavy atom. The topological polar surface area (TPSA) is 47.6 Å². The van der Waals surface area contributed by atoms with E-state index < -0.39 is 0 Å². The first kappa shape index (κ1) is 25.4. The van der Waals surface area contributed by atoms with E-state index in [1.807, 2.05) is 0 Å². The molecule has 2 fully saturated rings. The smallest absolute Gasteiger partial charge is 0.336 e. The first-order chi connectivity index (χ1) is 14.6. The molecule has 0 aromatic carbocycles. The van der Waals surface area contributed by atoms with Crippen molar-refractivity contribution in [1.82, 2.24) is 5.32 Å². The van der Waals surface area contributed by atoms with Crippen LogP contribution < -0.4 is 5.32 Å². The van der Waals surface area contributed by atoms with E-state index in [9.17, 15) is 4.79 Å². The Balaban J connectivity index is 1.56. The summed E-state index contributed by atoms with van der Waals surface area (Å²) in [5, 5.41) is 3.26. The van der Waals surface area contributed by atoms with Crippen molar-refractivity contribution in [2.75, 3.05) is 26.3 Å². The van der Waals surface area contributed by atoms with Crippen LogP contribution in [0.5, 0.6) is 0 Å². The first-order valence-corrected chi connectivity index (χ1v) is 12.8. The minimum Gasteiger partial charge on any atom is -0.459 e. The molecule has 0 saturated heterocycles. The molecule has 0 atom stereocenters. The lowest BCUT2D eigenvalue weighted by Gasteiger charge is -2.37. The van der Waals surface area contributed by atoms with Gasteiger partial charge in [0.05, 0.1) is 12.2 Å². The Bertz CT molecular complexity index is 477. The Morgan fingerprint density at radius 2 is 1.60 bits per heavy atom. The van der Waals surface area contributed by atoms with Gasteiger partial charge in [-0.25, -0.2) is 4.79 Å². The third-order valence-corrected chi connectivity index (χ3v) is 7.22. The number of rotatable bonds is 14. The maximum absolute atomic E-state index is 12.3. The number of nitrogens with one attached hydrogen (secondary N) is 1. The van der Waals surface area contributed by atoms with Gasteiger partial charge >= 0.3 is 5.97 Å². The van der Waals surface area contributed by atoms with Crippen LogP contribution in [0.1, 0.15) is 97.3 Å². The molecule has 0 aromatic heterocycles. The summed E-state index contributed by atoms with van der Waals surface area (Å²) in [6.45, 7) is 11.1. The van der Waals surface area contributed by atoms with E-state index in [-0.39, 0.29) is 18.7 Å². The van der Waals surface area contributed by atoms with E-state index >= 15 is 0 Å². The summed E-state index contributed by atoms with van der Waals surface area (Å²) in [5.74, 6) is 2.48. The minimum absolute atomic E-state index is 0.0737. The quantitative estimate of drug-likeness (QED) is 0.211. The highest BCUT2D eigenvalue weighted by atomic mass is 16.5. The predicted molar refractivity (Wildman–Crippen MR) is 125 cm³/mol. The molecule has 2 saturated carbocycles. The maximum atomic E-state index is 12.3. The van der Waals surface area contributed by atoms with Gasteiger partial charge in [0.25, 0.3) is 0 Å². The molecule has 0 spiro atoms. The zero-order valence-corrected chi connectivity index (χ0v) is 19.8. The van der Waals surface area contributed by atoms with E-state index in [1.165, 1.54) is 64.2 Å². The van der Waals surface area contributed by atoms with Crippen LogP contribution in [-0.2, 0) is 14.3 Å². The molecule has 0 aromatic rings. The summed E-state index contributed by atoms with van der Waals surface area (Å²) in [5.41, 5.74) is 0.446. The van der Waals surface area contributed by atoms with Crippen LogP contribution in [0, 0.1) is 17.8 Å². The molecule has 0 heterocycles. The predicted octanol–water partition coefficient (Wildman–Crippen LogP) is 6.05. The molecular formula is C26H47NO3. The van der Waals surface area contributed by atoms with Gasteiger partial charge in [-0.3, -0.25) is 0 Å². The van der Waals surface area contributed by atoms with Crippen molar-refractivity contribution < 1.29 is 14.3 Å². The molecule has 174 valence electrons. The highest BCUT2D eigenvalue weighted by molar-refractivity contribution is 5.88. The zero-order chi connectivity index (χ0) is 21.6. The van der Waals surface area contributed by atoms with Crippen LogP contribution in [0.2, 0.25) is 0 Å². The van der Waals surface area contributed by atoms with E-state index in [1.54, 1.807) is 0 Å². The van der Waals surface area contributed by atoms with E-state index in [4.69, 9.17) is 9.47 Å². The summed E-state index contributed by atoms with van der Waals surface area (Å²) in [4.78, 5) is 12.3. The van der Waals surface area contributed by atoms with Crippen LogP contribution >= 0.6 is 0 Å². The van der Waals surface area contributed by atoms with Crippen LogP contribution in [0.3, 0.4) is 0 Å². The Labute approximate surface area is 185 Å². The molecule has 0 unspecified atom stereocenters. The van der Waals surface area contributed by atoms with Gasteiger partial charge in [0, 0.05) is 6.61 Å². The van der Waals surface area contributed by atoms with Gasteiger partial charge in [0.15, 0.2) is 0 Å². The lowest BCUT2D eigenvalue weighted by molar-refractivity contribution is -0.147. The third kappa shape index (κ3) is 9.51. The summed E-state index contributed by atoms with van der Waals surface area (Å²) >= 11 is 0. The van der Waals surface area contributed by atoms with Gasteiger partial charge in [-0.1, -0.05) is 59.0 Å². The van der Waals surface area contributed by atoms with Gasteiger partial charge in [0.1, 0.15) is 6.10 Å². The van der Waals surface area contributed by atoms with Crippen molar-refractivity contribution in [3.05, 3.63) is 12.2 Å². The normalized spacial score (nSPS) is 27.0. The lowest BCUT2D eigenvalue weighted by Crippen LogP contribution is -2.30. The van der Waals surface area contributed by atoms with Crippen LogP contribution in [-0.4, -0.2) is 38.4 Å². The lowest BCUT2D eigenvalue weighted by atomic mass is 9.70. The highest BCUT2D eigenvalue weighted by Crippen LogP contribution is 2.41. The van der Waals surface area contributed by atoms with Gasteiger partial charge < -0.3 is 14.8 Å². The van der Waals surface area contributed by atoms with E-state index in [2.05, 4.69) is 25.7 Å². The molecule has 2 rings (SSSR count). The number of hydrogen-bond donors (Lipinski definition) is 1. The average molecular weight is 422 g/mol. The van der Waals surface area contributed by atoms with E-state index in [0.29, 0.717) is 12.2 Å². The summed E-state index contributed by atoms with van der Waals surface area (Å²) < 4.78 is 11.3. The number of unbranched alkanes of at least 4 members (excludes halogenated alkanes) is 2.